The van der Waals surface area contributed by atoms with Crippen LogP contribution in [0.25, 0.3) is 22.6 Å². The van der Waals surface area contributed by atoms with Crippen LogP contribution in [-0.2, 0) is 12.5 Å². The molecule has 4 nitrogen and oxygen atoms in total. The zero-order valence-corrected chi connectivity index (χ0v) is 17.9. The van der Waals surface area contributed by atoms with Crippen LogP contribution in [0.2, 0.25) is 5.02 Å². The van der Waals surface area contributed by atoms with E-state index in [1.807, 2.05) is 29.9 Å². The number of alkyl halides is 3. The highest BCUT2D eigenvalue weighted by Crippen LogP contribution is 2.35. The molecule has 0 saturated heterocycles. The Morgan fingerprint density at radius 3 is 2.45 bits per heavy atom. The standard InChI is InChI=1S/C20H20ClF3N4S/c1-19(2,3)17-9-12(7-8-25-17)16-11-28(4)18(26-16)14-6-5-13(10-15(14)21)27-29-20(22,23)24/h5-11,27H,1-4H3. The topological polar surface area (TPSA) is 42.7 Å². The first kappa shape index (κ1) is 21.5. The first-order chi connectivity index (χ1) is 13.4. The monoisotopic (exact) mass is 440 g/mol. The summed E-state index contributed by atoms with van der Waals surface area (Å²) in [5.74, 6) is 0.620. The van der Waals surface area contributed by atoms with Crippen molar-refractivity contribution in [2.45, 2.75) is 31.7 Å². The van der Waals surface area contributed by atoms with Crippen molar-refractivity contribution in [3.8, 4) is 22.6 Å². The molecule has 29 heavy (non-hydrogen) atoms. The van der Waals surface area contributed by atoms with Gasteiger partial charge < -0.3 is 9.29 Å². The van der Waals surface area contributed by atoms with Gasteiger partial charge in [-0.3, -0.25) is 4.98 Å². The highest BCUT2D eigenvalue weighted by Gasteiger charge is 2.29. The molecule has 0 saturated carbocycles. The van der Waals surface area contributed by atoms with Crippen LogP contribution in [0.15, 0.2) is 42.7 Å². The molecular weight excluding hydrogens is 421 g/mol. The first-order valence-corrected chi connectivity index (χ1v) is 9.94. The van der Waals surface area contributed by atoms with Gasteiger partial charge in [-0.1, -0.05) is 32.4 Å². The fourth-order valence-electron chi connectivity index (χ4n) is 2.73. The van der Waals surface area contributed by atoms with Crippen LogP contribution >= 0.6 is 23.5 Å². The van der Waals surface area contributed by atoms with E-state index in [2.05, 4.69) is 30.5 Å². The van der Waals surface area contributed by atoms with Crippen molar-refractivity contribution in [1.82, 2.24) is 14.5 Å². The Balaban J connectivity index is 1.91. The van der Waals surface area contributed by atoms with Crippen LogP contribution in [0.1, 0.15) is 26.5 Å². The summed E-state index contributed by atoms with van der Waals surface area (Å²) in [6.45, 7) is 6.28. The minimum atomic E-state index is -4.38. The number of imidazole rings is 1. The lowest BCUT2D eigenvalue weighted by molar-refractivity contribution is -0.0323. The third kappa shape index (κ3) is 5.25. The molecule has 1 aromatic carbocycles. The van der Waals surface area contributed by atoms with Crippen molar-refractivity contribution in [2.24, 2.45) is 7.05 Å². The Hall–Kier alpha value is -2.19. The summed E-state index contributed by atoms with van der Waals surface area (Å²) in [5.41, 5.74) is -0.918. The molecular formula is C20H20ClF3N4S. The highest BCUT2D eigenvalue weighted by atomic mass is 35.5. The van der Waals surface area contributed by atoms with Crippen LogP contribution in [0.3, 0.4) is 0 Å². The number of halogens is 4. The second kappa shape index (κ2) is 7.91. The minimum absolute atomic E-state index is 0.0891. The van der Waals surface area contributed by atoms with Crippen LogP contribution in [0.4, 0.5) is 18.9 Å². The number of nitrogens with zero attached hydrogens (tertiary/aromatic N) is 3. The Morgan fingerprint density at radius 1 is 1.10 bits per heavy atom. The number of nitrogens with one attached hydrogen (secondary N) is 1. The predicted octanol–water partition coefficient (Wildman–Crippen LogP) is 6.68. The summed E-state index contributed by atoms with van der Waals surface area (Å²) in [6, 6.07) is 8.55. The third-order valence-corrected chi connectivity index (χ3v) is 5.08. The Morgan fingerprint density at radius 2 is 1.83 bits per heavy atom. The smallest absolute Gasteiger partial charge is 0.333 e. The maximum atomic E-state index is 12.4. The maximum Gasteiger partial charge on any atom is 0.461 e. The molecule has 0 unspecified atom stereocenters. The average Bonchev–Trinajstić information content (AvgIpc) is 3.00. The molecule has 0 atom stereocenters. The molecule has 3 rings (SSSR count). The van der Waals surface area contributed by atoms with Gasteiger partial charge in [-0.2, -0.15) is 13.2 Å². The molecule has 0 spiro atoms. The van der Waals surface area contributed by atoms with E-state index in [4.69, 9.17) is 16.6 Å². The molecule has 0 amide bonds. The van der Waals surface area contributed by atoms with E-state index in [1.165, 1.54) is 6.07 Å². The van der Waals surface area contributed by atoms with Crippen LogP contribution in [-0.4, -0.2) is 20.0 Å². The zero-order chi connectivity index (χ0) is 21.4. The van der Waals surface area contributed by atoms with Crippen LogP contribution in [0, 0.1) is 0 Å². The molecule has 1 N–H and O–H groups in total. The second-order valence-corrected chi connectivity index (χ2v) is 8.86. The lowest BCUT2D eigenvalue weighted by Gasteiger charge is -2.17. The van der Waals surface area contributed by atoms with E-state index in [1.54, 1.807) is 18.3 Å². The number of anilines is 1. The van der Waals surface area contributed by atoms with Gasteiger partial charge in [0, 0.05) is 47.4 Å². The normalized spacial score (nSPS) is 12.3. The molecule has 2 heterocycles. The van der Waals surface area contributed by atoms with Crippen LogP contribution < -0.4 is 4.72 Å². The first-order valence-electron chi connectivity index (χ1n) is 8.75. The zero-order valence-electron chi connectivity index (χ0n) is 16.3. The van der Waals surface area contributed by atoms with Gasteiger partial charge in [-0.15, -0.1) is 0 Å². The van der Waals surface area contributed by atoms with Gasteiger partial charge in [-0.25, -0.2) is 4.98 Å². The fraction of sp³-hybridized carbons (Fsp3) is 0.300. The Kier molecular flexibility index (Phi) is 5.87. The highest BCUT2D eigenvalue weighted by molar-refractivity contribution is 8.01. The molecule has 9 heteroatoms. The van der Waals surface area contributed by atoms with E-state index in [0.29, 0.717) is 16.4 Å². The largest absolute Gasteiger partial charge is 0.461 e. The number of benzene rings is 1. The van der Waals surface area contributed by atoms with Gasteiger partial charge in [0.25, 0.3) is 0 Å². The quantitative estimate of drug-likeness (QED) is 0.459. The van der Waals surface area contributed by atoms with Gasteiger partial charge in [0.2, 0.25) is 0 Å². The van der Waals surface area contributed by atoms with Crippen molar-refractivity contribution in [3.63, 3.8) is 0 Å². The number of pyridine rings is 1. The van der Waals surface area contributed by atoms with Gasteiger partial charge in [0.1, 0.15) is 5.82 Å². The van der Waals surface area contributed by atoms with E-state index in [0.717, 1.165) is 17.0 Å². The molecule has 0 aliphatic heterocycles. The molecule has 0 aliphatic rings. The van der Waals surface area contributed by atoms with Gasteiger partial charge in [0.05, 0.1) is 22.7 Å². The predicted molar refractivity (Wildman–Crippen MR) is 113 cm³/mol. The van der Waals surface area contributed by atoms with Crippen molar-refractivity contribution in [3.05, 3.63) is 53.4 Å². The molecule has 0 fully saturated rings. The van der Waals surface area contributed by atoms with E-state index < -0.39 is 5.51 Å². The van der Waals surface area contributed by atoms with E-state index in [9.17, 15) is 13.2 Å². The molecule has 3 aromatic rings. The number of hydrogen-bond donors (Lipinski definition) is 1. The third-order valence-electron chi connectivity index (χ3n) is 4.20. The lowest BCUT2D eigenvalue weighted by Crippen LogP contribution is -2.13. The fourth-order valence-corrected chi connectivity index (χ4v) is 3.36. The minimum Gasteiger partial charge on any atom is -0.333 e. The van der Waals surface area contributed by atoms with Gasteiger partial charge >= 0.3 is 5.51 Å². The summed E-state index contributed by atoms with van der Waals surface area (Å²) in [6.07, 6.45) is 3.65. The molecule has 154 valence electrons. The number of aromatic nitrogens is 3. The van der Waals surface area contributed by atoms with E-state index >= 15 is 0 Å². The maximum absolute atomic E-state index is 12.4. The van der Waals surface area contributed by atoms with Gasteiger partial charge in [0.15, 0.2) is 0 Å². The second-order valence-electron chi connectivity index (χ2n) is 7.58. The van der Waals surface area contributed by atoms with Crippen molar-refractivity contribution in [1.29, 1.82) is 0 Å². The number of rotatable bonds is 4. The number of hydrogen-bond acceptors (Lipinski definition) is 4. The lowest BCUT2D eigenvalue weighted by atomic mass is 9.90. The van der Waals surface area contributed by atoms with Crippen LogP contribution in [0.5, 0.6) is 0 Å². The molecule has 0 radical (unpaired) electrons. The SMILES string of the molecule is Cn1cc(-c2ccnc(C(C)(C)C)c2)nc1-c1ccc(NSC(F)(F)F)cc1Cl. The van der Waals surface area contributed by atoms with E-state index in [-0.39, 0.29) is 23.1 Å². The summed E-state index contributed by atoms with van der Waals surface area (Å²) in [7, 11) is 1.85. The average molecular weight is 441 g/mol. The van der Waals surface area contributed by atoms with Crippen molar-refractivity contribution >= 4 is 29.2 Å². The molecule has 2 aromatic heterocycles. The molecule has 0 aliphatic carbocycles. The Labute approximate surface area is 176 Å². The molecule has 0 bridgehead atoms. The summed E-state index contributed by atoms with van der Waals surface area (Å²) < 4.78 is 41.1. The summed E-state index contributed by atoms with van der Waals surface area (Å²) in [4.78, 5) is 9.13. The van der Waals surface area contributed by atoms with Crippen molar-refractivity contribution in [2.75, 3.05) is 4.72 Å². The Bertz CT molecular complexity index is 1030. The summed E-state index contributed by atoms with van der Waals surface area (Å²) >= 11 is 6.00. The van der Waals surface area contributed by atoms with Gasteiger partial charge in [-0.05, 0) is 30.3 Å². The number of aryl methyl sites for hydroxylation is 1. The van der Waals surface area contributed by atoms with Crippen molar-refractivity contribution < 1.29 is 13.2 Å². The summed E-state index contributed by atoms with van der Waals surface area (Å²) in [5, 5.41) is 0.308.